The highest BCUT2D eigenvalue weighted by molar-refractivity contribution is 5.38. The predicted octanol–water partition coefficient (Wildman–Crippen LogP) is 0.626. The maximum absolute atomic E-state index is 5.29. The zero-order chi connectivity index (χ0) is 10.3. The molecule has 1 fully saturated rings. The summed E-state index contributed by atoms with van der Waals surface area (Å²) in [5.74, 6) is 0. The molecule has 1 aromatic heterocycles. The summed E-state index contributed by atoms with van der Waals surface area (Å²) in [4.78, 5) is 6.32. The van der Waals surface area contributed by atoms with Gasteiger partial charge in [0.15, 0.2) is 0 Å². The highest BCUT2D eigenvalue weighted by Gasteiger charge is 2.08. The minimum Gasteiger partial charge on any atom is -0.382 e. The van der Waals surface area contributed by atoms with Gasteiger partial charge in [-0.25, -0.2) is 0 Å². The first kappa shape index (κ1) is 10.4. The molecule has 15 heavy (non-hydrogen) atoms. The molecule has 1 saturated heterocycles. The molecule has 0 spiro atoms. The molecule has 1 aliphatic heterocycles. The second-order valence-corrected chi connectivity index (χ2v) is 3.54. The van der Waals surface area contributed by atoms with E-state index in [0.717, 1.165) is 45.1 Å². The Kier molecular flexibility index (Phi) is 3.93. The molecule has 0 unspecified atom stereocenters. The van der Waals surface area contributed by atoms with Crippen molar-refractivity contribution in [3.8, 4) is 0 Å². The van der Waals surface area contributed by atoms with Crippen LogP contribution in [0.15, 0.2) is 18.3 Å². The Morgan fingerprint density at radius 1 is 1.47 bits per heavy atom. The first-order valence-electron chi connectivity index (χ1n) is 5.32. The smallest absolute Gasteiger partial charge is 0.114 e. The van der Waals surface area contributed by atoms with Crippen molar-refractivity contribution in [3.05, 3.63) is 24.5 Å². The van der Waals surface area contributed by atoms with Gasteiger partial charge in [0.25, 0.3) is 0 Å². The fourth-order valence-electron chi connectivity index (χ4n) is 1.60. The summed E-state index contributed by atoms with van der Waals surface area (Å²) < 4.78 is 5.29. The molecule has 81 valence electrons. The van der Waals surface area contributed by atoms with Crippen LogP contribution in [0.3, 0.4) is 0 Å². The van der Waals surface area contributed by atoms with Crippen LogP contribution in [0, 0.1) is 6.20 Å². The van der Waals surface area contributed by atoms with Gasteiger partial charge in [-0.15, -0.1) is 0 Å². The summed E-state index contributed by atoms with van der Waals surface area (Å²) in [5.41, 5.74) is 0.964. The van der Waals surface area contributed by atoms with E-state index >= 15 is 0 Å². The monoisotopic (exact) mass is 206 g/mol. The molecule has 0 atom stereocenters. The number of morpholine rings is 1. The summed E-state index contributed by atoms with van der Waals surface area (Å²) in [6.07, 6.45) is 4.63. The molecule has 1 N–H and O–H groups in total. The number of pyridine rings is 1. The molecule has 0 bridgehead atoms. The zero-order valence-electron chi connectivity index (χ0n) is 8.78. The van der Waals surface area contributed by atoms with Gasteiger partial charge in [-0.05, 0) is 12.1 Å². The molecule has 0 saturated carbocycles. The van der Waals surface area contributed by atoms with Gasteiger partial charge in [0.05, 0.1) is 18.9 Å². The lowest BCUT2D eigenvalue weighted by atomic mass is 10.4. The highest BCUT2D eigenvalue weighted by atomic mass is 16.5. The van der Waals surface area contributed by atoms with Gasteiger partial charge in [0, 0.05) is 32.4 Å². The molecule has 2 rings (SSSR count). The van der Waals surface area contributed by atoms with Crippen molar-refractivity contribution >= 4 is 5.69 Å². The van der Waals surface area contributed by atoms with Gasteiger partial charge in [0.1, 0.15) is 6.20 Å². The molecule has 0 aromatic carbocycles. The van der Waals surface area contributed by atoms with Gasteiger partial charge in [0.2, 0.25) is 0 Å². The van der Waals surface area contributed by atoms with Crippen LogP contribution < -0.4 is 5.32 Å². The second kappa shape index (κ2) is 5.68. The Morgan fingerprint density at radius 2 is 2.33 bits per heavy atom. The third kappa shape index (κ3) is 3.49. The number of hydrogen-bond acceptors (Lipinski definition) is 4. The summed E-state index contributed by atoms with van der Waals surface area (Å²) in [5, 5.41) is 3.29. The first-order chi connectivity index (χ1) is 7.45. The summed E-state index contributed by atoms with van der Waals surface area (Å²) in [6.45, 7) is 5.78. The largest absolute Gasteiger partial charge is 0.382 e. The molecule has 0 aliphatic carbocycles. The van der Waals surface area contributed by atoms with Gasteiger partial charge in [-0.1, -0.05) is 0 Å². The van der Waals surface area contributed by atoms with E-state index in [4.69, 9.17) is 4.74 Å². The molecule has 4 heteroatoms. The second-order valence-electron chi connectivity index (χ2n) is 3.54. The molecule has 1 radical (unpaired) electrons. The Labute approximate surface area is 90.3 Å². The molecule has 2 heterocycles. The lowest BCUT2D eigenvalue weighted by molar-refractivity contribution is 0.0398. The van der Waals surface area contributed by atoms with Crippen molar-refractivity contribution in [1.29, 1.82) is 0 Å². The van der Waals surface area contributed by atoms with Gasteiger partial charge < -0.3 is 10.1 Å². The quantitative estimate of drug-likeness (QED) is 0.784. The van der Waals surface area contributed by atoms with Crippen molar-refractivity contribution in [3.63, 3.8) is 0 Å². The molecular weight excluding hydrogens is 190 g/mol. The van der Waals surface area contributed by atoms with Crippen LogP contribution in [0.5, 0.6) is 0 Å². The van der Waals surface area contributed by atoms with E-state index in [1.807, 2.05) is 12.1 Å². The molecule has 1 aliphatic rings. The van der Waals surface area contributed by atoms with Crippen LogP contribution in [0.4, 0.5) is 5.69 Å². The Bertz CT molecular complexity index is 272. The van der Waals surface area contributed by atoms with Crippen LogP contribution in [-0.2, 0) is 4.74 Å². The minimum absolute atomic E-state index is 0.860. The third-order valence-corrected chi connectivity index (χ3v) is 2.46. The van der Waals surface area contributed by atoms with Crippen LogP contribution in [0.2, 0.25) is 0 Å². The third-order valence-electron chi connectivity index (χ3n) is 2.46. The zero-order valence-corrected chi connectivity index (χ0v) is 8.78. The fraction of sp³-hybridized carbons (Fsp3) is 0.545. The average Bonchev–Trinajstić information content (AvgIpc) is 2.32. The van der Waals surface area contributed by atoms with Crippen molar-refractivity contribution in [2.24, 2.45) is 0 Å². The Balaban J connectivity index is 1.66. The number of ether oxygens (including phenoxy) is 1. The first-order valence-corrected chi connectivity index (χ1v) is 5.32. The maximum atomic E-state index is 5.29. The standard InChI is InChI=1S/C11H16N3O/c1-2-11(10-12-3-1)13-4-5-14-6-8-15-9-7-14/h1-3,13H,4-9H2. The van der Waals surface area contributed by atoms with Crippen LogP contribution in [0.1, 0.15) is 0 Å². The summed E-state index contributed by atoms with van der Waals surface area (Å²) in [6, 6.07) is 3.89. The van der Waals surface area contributed by atoms with E-state index in [9.17, 15) is 0 Å². The molecule has 1 aromatic rings. The normalized spacial score (nSPS) is 17.6. The number of aromatic nitrogens is 1. The van der Waals surface area contributed by atoms with E-state index in [-0.39, 0.29) is 0 Å². The van der Waals surface area contributed by atoms with E-state index in [2.05, 4.69) is 21.4 Å². The van der Waals surface area contributed by atoms with E-state index < -0.39 is 0 Å². The Hall–Kier alpha value is -1.13. The number of hydrogen-bond donors (Lipinski definition) is 1. The number of nitrogens with zero attached hydrogens (tertiary/aromatic N) is 2. The number of anilines is 1. The SMILES string of the molecule is [c]1ncccc1NCCN1CCOCC1. The predicted molar refractivity (Wildman–Crippen MR) is 58.8 cm³/mol. The number of rotatable bonds is 4. The molecule has 4 nitrogen and oxygen atoms in total. The topological polar surface area (TPSA) is 37.4 Å². The molecular formula is C11H16N3O. The fourth-order valence-corrected chi connectivity index (χ4v) is 1.60. The van der Waals surface area contributed by atoms with Gasteiger partial charge in [-0.3, -0.25) is 9.88 Å². The summed E-state index contributed by atoms with van der Waals surface area (Å²) in [7, 11) is 0. The van der Waals surface area contributed by atoms with Crippen molar-refractivity contribution < 1.29 is 4.74 Å². The highest BCUT2D eigenvalue weighted by Crippen LogP contribution is 2.01. The lowest BCUT2D eigenvalue weighted by Gasteiger charge is -2.26. The Morgan fingerprint density at radius 3 is 3.07 bits per heavy atom. The van der Waals surface area contributed by atoms with Crippen LogP contribution >= 0.6 is 0 Å². The van der Waals surface area contributed by atoms with Crippen molar-refractivity contribution in [2.75, 3.05) is 44.7 Å². The maximum Gasteiger partial charge on any atom is 0.114 e. The average molecular weight is 206 g/mol. The van der Waals surface area contributed by atoms with Crippen LogP contribution in [0.25, 0.3) is 0 Å². The van der Waals surface area contributed by atoms with Gasteiger partial charge in [-0.2, -0.15) is 0 Å². The van der Waals surface area contributed by atoms with E-state index in [0.29, 0.717) is 0 Å². The van der Waals surface area contributed by atoms with E-state index in [1.54, 1.807) is 6.20 Å². The lowest BCUT2D eigenvalue weighted by Crippen LogP contribution is -2.39. The van der Waals surface area contributed by atoms with Crippen molar-refractivity contribution in [2.45, 2.75) is 0 Å². The number of nitrogens with one attached hydrogen (secondary N) is 1. The van der Waals surface area contributed by atoms with Crippen molar-refractivity contribution in [1.82, 2.24) is 9.88 Å². The minimum atomic E-state index is 0.860. The van der Waals surface area contributed by atoms with Gasteiger partial charge >= 0.3 is 0 Å². The molecule has 0 amide bonds. The van der Waals surface area contributed by atoms with E-state index in [1.165, 1.54) is 0 Å². The summed E-state index contributed by atoms with van der Waals surface area (Å²) >= 11 is 0. The van der Waals surface area contributed by atoms with Crippen LogP contribution in [-0.4, -0.2) is 49.3 Å².